The summed E-state index contributed by atoms with van der Waals surface area (Å²) >= 11 is 1.91. The summed E-state index contributed by atoms with van der Waals surface area (Å²) in [4.78, 5) is 29.3. The molecule has 40 heavy (non-hydrogen) atoms. The Bertz CT molecular complexity index is 1520. The number of thioether (sulfide) groups is 1. The van der Waals surface area contributed by atoms with Crippen LogP contribution in [0.4, 0.5) is 10.1 Å². The average molecular weight is 574 g/mol. The monoisotopic (exact) mass is 573 g/mol. The van der Waals surface area contributed by atoms with E-state index in [4.69, 9.17) is 0 Å². The molecule has 1 fully saturated rings. The lowest BCUT2D eigenvalue weighted by molar-refractivity contribution is 0.0850. The first kappa shape index (κ1) is 27.7. The topological polar surface area (TPSA) is 61.4 Å². The van der Waals surface area contributed by atoms with E-state index in [0.29, 0.717) is 34.4 Å². The Labute approximate surface area is 243 Å². The predicted molar refractivity (Wildman–Crippen MR) is 162 cm³/mol. The van der Waals surface area contributed by atoms with Gasteiger partial charge in [0.25, 0.3) is 5.91 Å². The summed E-state index contributed by atoms with van der Waals surface area (Å²) in [6.45, 7) is 0.914. The number of halogens is 2. The number of nitrogens with zero attached hydrogens (tertiary/aromatic N) is 1. The van der Waals surface area contributed by atoms with Crippen molar-refractivity contribution in [3.63, 3.8) is 0 Å². The summed E-state index contributed by atoms with van der Waals surface area (Å²) in [6.07, 6.45) is 8.95. The van der Waals surface area contributed by atoms with E-state index in [1.807, 2.05) is 18.0 Å². The molecule has 8 heteroatoms. The first-order valence-electron chi connectivity index (χ1n) is 13.1. The fraction of sp³-hybridized carbons (Fsp3) is 0.188. The zero-order valence-electron chi connectivity index (χ0n) is 21.7. The van der Waals surface area contributed by atoms with Crippen LogP contribution in [-0.2, 0) is 0 Å². The van der Waals surface area contributed by atoms with Gasteiger partial charge in [0, 0.05) is 58.5 Å². The Morgan fingerprint density at radius 3 is 2.50 bits per heavy atom. The highest BCUT2D eigenvalue weighted by atomic mass is 35.5. The van der Waals surface area contributed by atoms with Gasteiger partial charge in [-0.05, 0) is 54.0 Å². The molecule has 0 saturated carbocycles. The number of Topliss-reactive ketones (excluding diaryl/α,β-unsaturated/α-hetero) is 1. The third-order valence-electron chi connectivity index (χ3n) is 7.45. The van der Waals surface area contributed by atoms with Crippen molar-refractivity contribution in [2.45, 2.75) is 12.5 Å². The largest absolute Gasteiger partial charge is 0.366 e. The van der Waals surface area contributed by atoms with Crippen molar-refractivity contribution >= 4 is 41.5 Å². The number of rotatable bonds is 5. The first-order valence-corrected chi connectivity index (χ1v) is 14.2. The highest BCUT2D eigenvalue weighted by Gasteiger charge is 2.38. The summed E-state index contributed by atoms with van der Waals surface area (Å²) in [6, 6.07) is 20.4. The minimum Gasteiger partial charge on any atom is -0.366 e. The number of benzene rings is 3. The van der Waals surface area contributed by atoms with Crippen LogP contribution in [0.3, 0.4) is 0 Å². The third-order valence-corrected chi connectivity index (χ3v) is 8.42. The molecule has 1 amide bonds. The van der Waals surface area contributed by atoms with E-state index in [9.17, 15) is 14.0 Å². The molecular weight excluding hydrogens is 545 g/mol. The summed E-state index contributed by atoms with van der Waals surface area (Å²) < 4.78 is 14.5. The van der Waals surface area contributed by atoms with Crippen molar-refractivity contribution in [3.8, 4) is 11.1 Å². The number of carbonyl (C=O) groups excluding carboxylic acids is 2. The van der Waals surface area contributed by atoms with Gasteiger partial charge < -0.3 is 15.5 Å². The van der Waals surface area contributed by atoms with Gasteiger partial charge in [-0.25, -0.2) is 4.39 Å². The second kappa shape index (κ2) is 12.1. The van der Waals surface area contributed by atoms with E-state index in [2.05, 4.69) is 33.9 Å². The van der Waals surface area contributed by atoms with Crippen LogP contribution in [0.2, 0.25) is 0 Å². The highest BCUT2D eigenvalue weighted by molar-refractivity contribution is 7.99. The maximum atomic E-state index is 14.5. The molecule has 2 aliphatic heterocycles. The van der Waals surface area contributed by atoms with Gasteiger partial charge in [-0.15, -0.1) is 12.4 Å². The fourth-order valence-electron chi connectivity index (χ4n) is 5.56. The van der Waals surface area contributed by atoms with Crippen molar-refractivity contribution in [1.82, 2.24) is 10.2 Å². The lowest BCUT2D eigenvalue weighted by atomic mass is 9.79. The van der Waals surface area contributed by atoms with Crippen LogP contribution in [0.1, 0.15) is 27.1 Å². The van der Waals surface area contributed by atoms with E-state index >= 15 is 0 Å². The van der Waals surface area contributed by atoms with Gasteiger partial charge in [0.15, 0.2) is 5.78 Å². The molecule has 5 nitrogen and oxygen atoms in total. The van der Waals surface area contributed by atoms with Crippen molar-refractivity contribution < 1.29 is 14.0 Å². The molecule has 1 aliphatic carbocycles. The zero-order valence-corrected chi connectivity index (χ0v) is 23.3. The highest BCUT2D eigenvalue weighted by Crippen LogP contribution is 2.36. The van der Waals surface area contributed by atoms with Gasteiger partial charge in [0.05, 0.1) is 12.0 Å². The van der Waals surface area contributed by atoms with Crippen molar-refractivity contribution in [2.24, 2.45) is 5.92 Å². The number of amides is 1. The van der Waals surface area contributed by atoms with Crippen molar-refractivity contribution in [1.29, 1.82) is 0 Å². The number of anilines is 1. The van der Waals surface area contributed by atoms with Crippen LogP contribution < -0.4 is 10.6 Å². The number of nitrogens with one attached hydrogen (secondary N) is 2. The SMILES string of the molecule is Cl.O=C(Nc1ccc(C(=O)C2CC=CC3=CNC=C4CSCCN4C32)cc1)c1ccccc1-c1ccccc1F. The zero-order chi connectivity index (χ0) is 26.8. The molecule has 3 aliphatic rings. The lowest BCUT2D eigenvalue weighted by Gasteiger charge is -2.42. The van der Waals surface area contributed by atoms with Crippen molar-refractivity contribution in [3.05, 3.63) is 126 Å². The van der Waals surface area contributed by atoms with E-state index in [1.165, 1.54) is 11.8 Å². The Morgan fingerprint density at radius 2 is 1.70 bits per heavy atom. The molecule has 2 atom stereocenters. The molecule has 0 radical (unpaired) electrons. The molecule has 0 aromatic heterocycles. The molecule has 1 saturated heterocycles. The van der Waals surface area contributed by atoms with E-state index in [-0.39, 0.29) is 41.9 Å². The normalized spacial score (nSPS) is 19.5. The first-order chi connectivity index (χ1) is 19.1. The minimum absolute atomic E-state index is 0. The van der Waals surface area contributed by atoms with Gasteiger partial charge in [-0.2, -0.15) is 11.8 Å². The van der Waals surface area contributed by atoms with Crippen LogP contribution >= 0.6 is 24.2 Å². The van der Waals surface area contributed by atoms with Gasteiger partial charge >= 0.3 is 0 Å². The number of ketones is 1. The second-order valence-corrected chi connectivity index (χ2v) is 10.9. The number of hydrogen-bond acceptors (Lipinski definition) is 5. The molecule has 6 rings (SSSR count). The van der Waals surface area contributed by atoms with E-state index < -0.39 is 0 Å². The molecule has 204 valence electrons. The minimum atomic E-state index is -0.383. The maximum absolute atomic E-state index is 14.5. The van der Waals surface area contributed by atoms with Crippen LogP contribution in [0.25, 0.3) is 11.1 Å². The predicted octanol–water partition coefficient (Wildman–Crippen LogP) is 6.67. The van der Waals surface area contributed by atoms with Gasteiger partial charge in [-0.3, -0.25) is 9.59 Å². The fourth-order valence-corrected chi connectivity index (χ4v) is 6.49. The smallest absolute Gasteiger partial charge is 0.256 e. The maximum Gasteiger partial charge on any atom is 0.256 e. The molecule has 3 aromatic rings. The molecule has 0 bridgehead atoms. The molecule has 2 N–H and O–H groups in total. The van der Waals surface area contributed by atoms with Crippen molar-refractivity contribution in [2.75, 3.05) is 23.4 Å². The molecular formula is C32H29ClFN3O2S. The Balaban J connectivity index is 0.00000323. The van der Waals surface area contributed by atoms with Crippen LogP contribution in [0, 0.1) is 11.7 Å². The second-order valence-electron chi connectivity index (χ2n) is 9.80. The van der Waals surface area contributed by atoms with Gasteiger partial charge in [-0.1, -0.05) is 48.6 Å². The number of allylic oxidation sites excluding steroid dienone is 1. The lowest BCUT2D eigenvalue weighted by Crippen LogP contribution is -2.47. The average Bonchev–Trinajstić information content (AvgIpc) is 3.17. The summed E-state index contributed by atoms with van der Waals surface area (Å²) in [5.74, 6) is 1.15. The summed E-state index contributed by atoms with van der Waals surface area (Å²) in [5, 5.41) is 6.20. The Morgan fingerprint density at radius 1 is 0.950 bits per heavy atom. The quantitative estimate of drug-likeness (QED) is 0.334. The third kappa shape index (κ3) is 5.44. The van der Waals surface area contributed by atoms with E-state index in [0.717, 1.165) is 23.6 Å². The molecule has 2 unspecified atom stereocenters. The Hall–Kier alpha value is -3.81. The molecule has 0 spiro atoms. The summed E-state index contributed by atoms with van der Waals surface area (Å²) in [7, 11) is 0. The number of fused-ring (bicyclic) bond motifs is 3. The van der Waals surface area contributed by atoms with Crippen LogP contribution in [0.5, 0.6) is 0 Å². The Kier molecular flexibility index (Phi) is 8.43. The van der Waals surface area contributed by atoms with Crippen LogP contribution in [-0.4, -0.2) is 40.7 Å². The summed E-state index contributed by atoms with van der Waals surface area (Å²) in [5.41, 5.74) is 4.81. The standard InChI is InChI=1S/C32H28FN3O2S.ClH/c33-29-11-4-3-8-26(29)25-7-1-2-9-27(25)32(38)35-23-14-12-21(13-15-23)31(37)28-10-5-6-22-18-34-19-24-20-39-17-16-36(24)30(22)28;/h1-9,11-15,18-19,28,30,34H,10,16-17,20H2,(H,35,38);1H. The molecule has 3 aromatic carbocycles. The van der Waals surface area contributed by atoms with Gasteiger partial charge in [0.1, 0.15) is 5.82 Å². The van der Waals surface area contributed by atoms with Gasteiger partial charge in [0.2, 0.25) is 0 Å². The van der Waals surface area contributed by atoms with E-state index in [1.54, 1.807) is 66.7 Å². The number of hydrogen-bond donors (Lipinski definition) is 2. The van der Waals surface area contributed by atoms with Crippen LogP contribution in [0.15, 0.2) is 109 Å². The number of carbonyl (C=O) groups is 2. The molecule has 2 heterocycles.